The van der Waals surface area contributed by atoms with Gasteiger partial charge in [0.25, 0.3) is 5.56 Å². The first-order valence-electron chi connectivity index (χ1n) is 15.9. The Morgan fingerprint density at radius 2 is 1.74 bits per heavy atom. The van der Waals surface area contributed by atoms with E-state index < -0.39 is 12.0 Å². The highest BCUT2D eigenvalue weighted by atomic mass is 35.5. The molecule has 50 heavy (non-hydrogen) atoms. The molecule has 0 saturated heterocycles. The average Bonchev–Trinajstić information content (AvgIpc) is 3.45. The number of ether oxygens (including phenoxy) is 4. The molecule has 1 aliphatic heterocycles. The van der Waals surface area contributed by atoms with E-state index in [0.29, 0.717) is 60.6 Å². The fourth-order valence-electron chi connectivity index (χ4n) is 5.61. The quantitative estimate of drug-likeness (QED) is 0.145. The molecule has 1 aromatic heterocycles. The van der Waals surface area contributed by atoms with Crippen LogP contribution < -0.4 is 29.1 Å². The van der Waals surface area contributed by atoms with E-state index in [2.05, 4.69) is 6.07 Å². The molecule has 0 amide bonds. The molecular formula is C39H32ClN3O6S. The lowest BCUT2D eigenvalue weighted by Gasteiger charge is -2.26. The molecule has 252 valence electrons. The van der Waals surface area contributed by atoms with Gasteiger partial charge in [0.15, 0.2) is 16.3 Å². The van der Waals surface area contributed by atoms with Crippen LogP contribution in [-0.4, -0.2) is 30.9 Å². The van der Waals surface area contributed by atoms with E-state index in [4.69, 9.17) is 40.8 Å². The third-order valence-electron chi connectivity index (χ3n) is 7.90. The van der Waals surface area contributed by atoms with Crippen molar-refractivity contribution in [3.8, 4) is 23.3 Å². The van der Waals surface area contributed by atoms with Crippen LogP contribution in [-0.2, 0) is 16.1 Å². The fraction of sp³-hybridized carbons (Fsp3) is 0.179. The number of nitrogens with zero attached hydrogens (tertiary/aromatic N) is 3. The number of methoxy groups -OCH3 is 1. The Labute approximate surface area is 297 Å². The molecule has 0 aliphatic carbocycles. The van der Waals surface area contributed by atoms with Gasteiger partial charge in [0.05, 0.1) is 58.8 Å². The van der Waals surface area contributed by atoms with Gasteiger partial charge in [-0.25, -0.2) is 9.79 Å². The minimum absolute atomic E-state index is 0.153. The number of rotatable bonds is 11. The van der Waals surface area contributed by atoms with Crippen molar-refractivity contribution in [2.24, 2.45) is 4.99 Å². The number of aromatic nitrogens is 1. The molecular weight excluding hydrogens is 674 g/mol. The van der Waals surface area contributed by atoms with E-state index in [0.717, 1.165) is 11.1 Å². The molecule has 0 N–H and O–H groups in total. The van der Waals surface area contributed by atoms with Crippen LogP contribution in [0, 0.1) is 11.3 Å². The van der Waals surface area contributed by atoms with Crippen LogP contribution >= 0.6 is 22.9 Å². The number of thiazole rings is 1. The molecule has 9 nitrogen and oxygen atoms in total. The topological polar surface area (TPSA) is 112 Å². The van der Waals surface area contributed by atoms with Crippen LogP contribution in [0.25, 0.3) is 11.8 Å². The molecule has 2 heterocycles. The largest absolute Gasteiger partial charge is 0.494 e. The van der Waals surface area contributed by atoms with Gasteiger partial charge in [-0.15, -0.1) is 0 Å². The normalized spacial score (nSPS) is 14.0. The maximum absolute atomic E-state index is 14.3. The van der Waals surface area contributed by atoms with Gasteiger partial charge in [-0.1, -0.05) is 77.5 Å². The molecule has 0 unspecified atom stereocenters. The van der Waals surface area contributed by atoms with Crippen molar-refractivity contribution >= 4 is 40.7 Å². The number of hydrogen-bond donors (Lipinski definition) is 0. The van der Waals surface area contributed by atoms with Crippen molar-refractivity contribution in [3.63, 3.8) is 0 Å². The molecule has 1 aliphatic rings. The summed E-state index contributed by atoms with van der Waals surface area (Å²) >= 11 is 7.91. The molecule has 6 rings (SSSR count). The van der Waals surface area contributed by atoms with Gasteiger partial charge in [-0.05, 0) is 73.0 Å². The van der Waals surface area contributed by atoms with Crippen molar-refractivity contribution in [3.05, 3.63) is 149 Å². The van der Waals surface area contributed by atoms with Crippen molar-refractivity contribution in [2.75, 3.05) is 20.3 Å². The molecule has 11 heteroatoms. The molecule has 5 aromatic rings. The van der Waals surface area contributed by atoms with Crippen LogP contribution in [0.15, 0.2) is 106 Å². The Kier molecular flexibility index (Phi) is 10.5. The predicted molar refractivity (Wildman–Crippen MR) is 192 cm³/mol. The van der Waals surface area contributed by atoms with E-state index in [9.17, 15) is 9.59 Å². The number of fused-ring (bicyclic) bond motifs is 1. The number of benzene rings is 4. The summed E-state index contributed by atoms with van der Waals surface area (Å²) < 4.78 is 24.8. The third kappa shape index (κ3) is 7.06. The van der Waals surface area contributed by atoms with Crippen LogP contribution in [0.3, 0.4) is 0 Å². The van der Waals surface area contributed by atoms with Crippen molar-refractivity contribution in [1.82, 2.24) is 4.57 Å². The molecule has 0 radical (unpaired) electrons. The summed E-state index contributed by atoms with van der Waals surface area (Å²) in [5, 5.41) is 9.36. The zero-order valence-corrected chi connectivity index (χ0v) is 29.1. The lowest BCUT2D eigenvalue weighted by atomic mass is 9.93. The SMILES string of the molecule is CCOC(=O)C1=C(c2ccccc2)N=c2s/c(=C\c3cc(Cl)c(OCc4ccc(C#N)cc4)c(OC)c3)c(=O)n2[C@H]1c1ccc(OCC)cc1. The number of esters is 1. The Bertz CT molecular complexity index is 2290. The minimum Gasteiger partial charge on any atom is -0.494 e. The summed E-state index contributed by atoms with van der Waals surface area (Å²) in [6.07, 6.45) is 1.72. The fourth-order valence-corrected chi connectivity index (χ4v) is 6.89. The Morgan fingerprint density at radius 3 is 2.40 bits per heavy atom. The third-order valence-corrected chi connectivity index (χ3v) is 9.16. The van der Waals surface area contributed by atoms with Crippen LogP contribution in [0.1, 0.15) is 47.7 Å². The maximum atomic E-state index is 14.3. The zero-order valence-electron chi connectivity index (χ0n) is 27.5. The molecule has 0 bridgehead atoms. The average molecular weight is 706 g/mol. The smallest absolute Gasteiger partial charge is 0.338 e. The highest BCUT2D eigenvalue weighted by molar-refractivity contribution is 7.07. The summed E-state index contributed by atoms with van der Waals surface area (Å²) in [5.41, 5.74) is 3.79. The Balaban J connectivity index is 1.47. The molecule has 0 saturated carbocycles. The lowest BCUT2D eigenvalue weighted by molar-refractivity contribution is -0.138. The van der Waals surface area contributed by atoms with Gasteiger partial charge in [0.2, 0.25) is 0 Å². The van der Waals surface area contributed by atoms with E-state index >= 15 is 0 Å². The Hall–Kier alpha value is -5.63. The number of halogens is 1. The first-order chi connectivity index (χ1) is 24.3. The predicted octanol–water partition coefficient (Wildman–Crippen LogP) is 6.45. The number of nitriles is 1. The second-order valence-corrected chi connectivity index (χ2v) is 12.5. The van der Waals surface area contributed by atoms with E-state index in [1.54, 1.807) is 41.8 Å². The summed E-state index contributed by atoms with van der Waals surface area (Å²) in [7, 11) is 1.51. The number of carbonyl (C=O) groups excluding carboxylic acids is 1. The van der Waals surface area contributed by atoms with Gasteiger partial charge >= 0.3 is 5.97 Å². The second kappa shape index (κ2) is 15.3. The summed E-state index contributed by atoms with van der Waals surface area (Å²) in [4.78, 5) is 33.4. The van der Waals surface area contributed by atoms with Gasteiger partial charge in [-0.3, -0.25) is 9.36 Å². The van der Waals surface area contributed by atoms with E-state index in [1.165, 1.54) is 18.4 Å². The molecule has 0 spiro atoms. The monoisotopic (exact) mass is 705 g/mol. The summed E-state index contributed by atoms with van der Waals surface area (Å²) in [6.45, 7) is 4.50. The highest BCUT2D eigenvalue weighted by Gasteiger charge is 2.35. The zero-order chi connectivity index (χ0) is 35.2. The Morgan fingerprint density at radius 1 is 1.00 bits per heavy atom. The second-order valence-electron chi connectivity index (χ2n) is 11.1. The standard InChI is InChI=1S/C39H32ClN3O6S/c1-4-47-29-17-15-28(16-18-29)35-33(38(45)48-5-2)34(27-9-7-6-8-10-27)42-39-43(35)37(44)32(50-39)21-26-19-30(40)36(31(20-26)46-3)49-23-25-13-11-24(22-41)12-14-25/h6-21,35H,4-5,23H2,1-3H3/b32-21-/t35-/m0/s1. The van der Waals surface area contributed by atoms with Crippen molar-refractivity contribution in [1.29, 1.82) is 5.26 Å². The molecule has 4 aromatic carbocycles. The van der Waals surface area contributed by atoms with Gasteiger partial charge in [-0.2, -0.15) is 5.26 Å². The highest BCUT2D eigenvalue weighted by Crippen LogP contribution is 2.38. The first kappa shape index (κ1) is 34.2. The minimum atomic E-state index is -0.825. The van der Waals surface area contributed by atoms with Crippen molar-refractivity contribution < 1.29 is 23.7 Å². The summed E-state index contributed by atoms with van der Waals surface area (Å²) in [5.74, 6) is 0.841. The van der Waals surface area contributed by atoms with Crippen LogP contribution in [0.2, 0.25) is 5.02 Å². The number of hydrogen-bond acceptors (Lipinski definition) is 9. The van der Waals surface area contributed by atoms with Crippen LogP contribution in [0.4, 0.5) is 0 Å². The first-order valence-corrected chi connectivity index (χ1v) is 17.0. The van der Waals surface area contributed by atoms with Crippen LogP contribution in [0.5, 0.6) is 17.2 Å². The summed E-state index contributed by atoms with van der Waals surface area (Å²) in [6, 6.07) is 28.5. The number of carbonyl (C=O) groups is 1. The van der Waals surface area contributed by atoms with Gasteiger partial charge in [0, 0.05) is 5.56 Å². The van der Waals surface area contributed by atoms with Gasteiger partial charge in [0.1, 0.15) is 12.4 Å². The molecule has 0 fully saturated rings. The maximum Gasteiger partial charge on any atom is 0.338 e. The lowest BCUT2D eigenvalue weighted by Crippen LogP contribution is -2.40. The van der Waals surface area contributed by atoms with E-state index in [1.807, 2.05) is 73.7 Å². The molecule has 1 atom stereocenters. The van der Waals surface area contributed by atoms with E-state index in [-0.39, 0.29) is 24.3 Å². The van der Waals surface area contributed by atoms with Crippen molar-refractivity contribution in [2.45, 2.75) is 26.5 Å². The van der Waals surface area contributed by atoms with Gasteiger partial charge < -0.3 is 18.9 Å².